The Balaban J connectivity index is 1.37. The maximum atomic E-state index is 12.1. The summed E-state index contributed by atoms with van der Waals surface area (Å²) >= 11 is 0. The Morgan fingerprint density at radius 2 is 2.15 bits per heavy atom. The Morgan fingerprint density at radius 3 is 2.96 bits per heavy atom. The van der Waals surface area contributed by atoms with Crippen molar-refractivity contribution >= 4 is 12.0 Å². The topological polar surface area (TPSA) is 79.4 Å². The predicted octanol–water partition coefficient (Wildman–Crippen LogP) is 2.13. The molecule has 0 aliphatic carbocycles. The van der Waals surface area contributed by atoms with Gasteiger partial charge >= 0.3 is 6.03 Å². The summed E-state index contributed by atoms with van der Waals surface area (Å²) < 4.78 is 5.63. The Kier molecular flexibility index (Phi) is 6.24. The van der Waals surface area contributed by atoms with E-state index in [0.29, 0.717) is 19.1 Å². The van der Waals surface area contributed by atoms with Crippen molar-refractivity contribution in [3.8, 4) is 5.75 Å². The summed E-state index contributed by atoms with van der Waals surface area (Å²) in [5.41, 5.74) is 1.15. The number of nitrogens with one attached hydrogen (secondary N) is 2. The number of anilines is 1. The molecule has 7 nitrogen and oxygen atoms in total. The van der Waals surface area contributed by atoms with Gasteiger partial charge in [-0.1, -0.05) is 12.1 Å². The van der Waals surface area contributed by atoms with E-state index < -0.39 is 0 Å². The number of urea groups is 1. The van der Waals surface area contributed by atoms with E-state index in [4.69, 9.17) is 4.74 Å². The number of rotatable bonds is 6. The zero-order valence-corrected chi connectivity index (χ0v) is 15.0. The Bertz CT molecular complexity index is 710. The first-order valence-corrected chi connectivity index (χ1v) is 8.96. The number of piperidine rings is 1. The van der Waals surface area contributed by atoms with Crippen molar-refractivity contribution in [1.82, 2.24) is 20.6 Å². The van der Waals surface area contributed by atoms with Crippen LogP contribution in [0, 0.1) is 6.92 Å². The van der Waals surface area contributed by atoms with Crippen molar-refractivity contribution in [1.29, 1.82) is 0 Å². The molecule has 1 saturated heterocycles. The first-order valence-electron chi connectivity index (χ1n) is 8.96. The lowest BCUT2D eigenvalue weighted by Gasteiger charge is -2.33. The molecule has 1 fully saturated rings. The number of benzene rings is 1. The van der Waals surface area contributed by atoms with E-state index in [1.165, 1.54) is 0 Å². The second-order valence-electron chi connectivity index (χ2n) is 6.40. The Hall–Kier alpha value is -2.83. The third kappa shape index (κ3) is 5.34. The van der Waals surface area contributed by atoms with E-state index in [-0.39, 0.29) is 12.1 Å². The molecule has 2 aromatic rings. The quantitative estimate of drug-likeness (QED) is 0.776. The van der Waals surface area contributed by atoms with Gasteiger partial charge < -0.3 is 20.3 Å². The maximum absolute atomic E-state index is 12.1. The number of carbonyl (C=O) groups excluding carboxylic acids is 1. The molecule has 3 rings (SSSR count). The summed E-state index contributed by atoms with van der Waals surface area (Å²) in [5, 5.41) is 5.87. The molecule has 0 spiro atoms. The van der Waals surface area contributed by atoms with Crippen LogP contribution in [-0.4, -0.2) is 48.3 Å². The summed E-state index contributed by atoms with van der Waals surface area (Å²) in [7, 11) is 0. The predicted molar refractivity (Wildman–Crippen MR) is 100 cm³/mol. The molecule has 1 aliphatic heterocycles. The van der Waals surface area contributed by atoms with Gasteiger partial charge in [-0.15, -0.1) is 0 Å². The van der Waals surface area contributed by atoms with E-state index in [1.54, 1.807) is 18.5 Å². The minimum Gasteiger partial charge on any atom is -0.492 e. The number of nitrogens with zero attached hydrogens (tertiary/aromatic N) is 3. The highest BCUT2D eigenvalue weighted by Crippen LogP contribution is 2.15. The van der Waals surface area contributed by atoms with Gasteiger partial charge in [-0.05, 0) is 43.5 Å². The van der Waals surface area contributed by atoms with E-state index in [9.17, 15) is 4.79 Å². The molecule has 1 atom stereocenters. The van der Waals surface area contributed by atoms with Crippen LogP contribution in [0.4, 0.5) is 10.7 Å². The lowest BCUT2D eigenvalue weighted by molar-refractivity contribution is 0.231. The number of amides is 2. The highest BCUT2D eigenvalue weighted by molar-refractivity contribution is 5.74. The maximum Gasteiger partial charge on any atom is 0.315 e. The van der Waals surface area contributed by atoms with Crippen molar-refractivity contribution in [2.24, 2.45) is 0 Å². The molecular formula is C19H25N5O2. The van der Waals surface area contributed by atoms with Crippen molar-refractivity contribution in [3.05, 3.63) is 48.3 Å². The van der Waals surface area contributed by atoms with Crippen LogP contribution in [0.3, 0.4) is 0 Å². The number of hydrogen-bond donors (Lipinski definition) is 2. The van der Waals surface area contributed by atoms with E-state index >= 15 is 0 Å². The number of hydrogen-bond acceptors (Lipinski definition) is 5. The zero-order chi connectivity index (χ0) is 18.2. The molecule has 0 radical (unpaired) electrons. The second kappa shape index (κ2) is 9.03. The third-order valence-corrected chi connectivity index (χ3v) is 4.24. The molecule has 1 aromatic heterocycles. The molecular weight excluding hydrogens is 330 g/mol. The summed E-state index contributed by atoms with van der Waals surface area (Å²) in [5.74, 6) is 1.53. The number of ether oxygens (including phenoxy) is 1. The largest absolute Gasteiger partial charge is 0.492 e. The van der Waals surface area contributed by atoms with Crippen molar-refractivity contribution < 1.29 is 9.53 Å². The van der Waals surface area contributed by atoms with Crippen LogP contribution in [0.25, 0.3) is 0 Å². The van der Waals surface area contributed by atoms with Crippen LogP contribution in [0.15, 0.2) is 42.7 Å². The number of aryl methyl sites for hydroxylation is 1. The SMILES string of the molecule is Cc1cccc(OCCNC(=O)NC2CCCN(c3ncccn3)C2)c1. The highest BCUT2D eigenvalue weighted by atomic mass is 16.5. The van der Waals surface area contributed by atoms with Crippen LogP contribution < -0.4 is 20.3 Å². The van der Waals surface area contributed by atoms with Crippen molar-refractivity contribution in [2.45, 2.75) is 25.8 Å². The minimum absolute atomic E-state index is 0.0882. The van der Waals surface area contributed by atoms with Crippen LogP contribution in [0.1, 0.15) is 18.4 Å². The monoisotopic (exact) mass is 355 g/mol. The first-order chi connectivity index (χ1) is 12.7. The molecule has 1 unspecified atom stereocenters. The summed E-state index contributed by atoms with van der Waals surface area (Å²) in [6.07, 6.45) is 5.43. The second-order valence-corrected chi connectivity index (χ2v) is 6.40. The molecule has 0 saturated carbocycles. The van der Waals surface area contributed by atoms with E-state index in [0.717, 1.165) is 37.2 Å². The zero-order valence-electron chi connectivity index (χ0n) is 15.0. The van der Waals surface area contributed by atoms with Gasteiger partial charge in [0.25, 0.3) is 0 Å². The molecule has 2 amide bonds. The third-order valence-electron chi connectivity index (χ3n) is 4.24. The molecule has 2 heterocycles. The lowest BCUT2D eigenvalue weighted by atomic mass is 10.1. The van der Waals surface area contributed by atoms with Gasteiger partial charge in [0.2, 0.25) is 5.95 Å². The molecule has 138 valence electrons. The minimum atomic E-state index is -0.168. The van der Waals surface area contributed by atoms with Gasteiger partial charge in [-0.2, -0.15) is 0 Å². The Morgan fingerprint density at radius 1 is 1.31 bits per heavy atom. The smallest absolute Gasteiger partial charge is 0.315 e. The molecule has 1 aromatic carbocycles. The average molecular weight is 355 g/mol. The van der Waals surface area contributed by atoms with Gasteiger partial charge in [0.1, 0.15) is 12.4 Å². The fourth-order valence-electron chi connectivity index (χ4n) is 3.01. The summed E-state index contributed by atoms with van der Waals surface area (Å²) in [6, 6.07) is 9.58. The Labute approximate surface area is 153 Å². The standard InChI is InChI=1S/C19H25N5O2/c1-15-5-2-7-17(13-15)26-12-10-22-19(25)23-16-6-3-11-24(14-16)18-20-8-4-9-21-18/h2,4-5,7-9,13,16H,3,6,10-12,14H2,1H3,(H2,22,23,25). The van der Waals surface area contributed by atoms with Crippen molar-refractivity contribution in [2.75, 3.05) is 31.1 Å². The van der Waals surface area contributed by atoms with Gasteiger partial charge in [0, 0.05) is 31.5 Å². The fourth-order valence-corrected chi connectivity index (χ4v) is 3.01. The average Bonchev–Trinajstić information content (AvgIpc) is 2.66. The molecule has 0 bridgehead atoms. The summed E-state index contributed by atoms with van der Waals surface area (Å²) in [6.45, 7) is 4.54. The van der Waals surface area contributed by atoms with E-state index in [1.807, 2.05) is 31.2 Å². The lowest BCUT2D eigenvalue weighted by Crippen LogP contribution is -2.51. The fraction of sp³-hybridized carbons (Fsp3) is 0.421. The van der Waals surface area contributed by atoms with Gasteiger partial charge in [0.05, 0.1) is 6.54 Å². The van der Waals surface area contributed by atoms with Crippen LogP contribution >= 0.6 is 0 Å². The number of aromatic nitrogens is 2. The summed E-state index contributed by atoms with van der Waals surface area (Å²) in [4.78, 5) is 22.8. The van der Waals surface area contributed by atoms with Crippen LogP contribution in [-0.2, 0) is 0 Å². The van der Waals surface area contributed by atoms with Gasteiger partial charge in [-0.3, -0.25) is 0 Å². The van der Waals surface area contributed by atoms with Crippen LogP contribution in [0.5, 0.6) is 5.75 Å². The van der Waals surface area contributed by atoms with Crippen molar-refractivity contribution in [3.63, 3.8) is 0 Å². The van der Waals surface area contributed by atoms with E-state index in [2.05, 4.69) is 25.5 Å². The van der Waals surface area contributed by atoms with Gasteiger partial charge in [0.15, 0.2) is 0 Å². The normalized spacial score (nSPS) is 16.8. The molecule has 1 aliphatic rings. The number of carbonyl (C=O) groups is 1. The first kappa shape index (κ1) is 18.0. The van der Waals surface area contributed by atoms with Gasteiger partial charge in [-0.25, -0.2) is 14.8 Å². The van der Waals surface area contributed by atoms with Crippen LogP contribution in [0.2, 0.25) is 0 Å². The molecule has 26 heavy (non-hydrogen) atoms. The molecule has 7 heteroatoms. The molecule has 2 N–H and O–H groups in total. The highest BCUT2D eigenvalue weighted by Gasteiger charge is 2.22.